The van der Waals surface area contributed by atoms with Gasteiger partial charge in [0.1, 0.15) is 5.75 Å². The molecule has 2 atom stereocenters. The maximum atomic E-state index is 6.13. The number of hydrogen-bond acceptors (Lipinski definition) is 3. The molecule has 4 heteroatoms. The highest BCUT2D eigenvalue weighted by Gasteiger charge is 2.39. The van der Waals surface area contributed by atoms with Gasteiger partial charge in [0, 0.05) is 22.9 Å². The quantitative estimate of drug-likeness (QED) is 0.776. The van der Waals surface area contributed by atoms with Crippen LogP contribution in [0.1, 0.15) is 36.9 Å². The van der Waals surface area contributed by atoms with E-state index in [1.807, 2.05) is 12.1 Å². The molecule has 0 saturated heterocycles. The molecule has 0 unspecified atom stereocenters. The third-order valence-electron chi connectivity index (χ3n) is 4.29. The van der Waals surface area contributed by atoms with Gasteiger partial charge in [0.15, 0.2) is 6.23 Å². The fraction of sp³-hybridized carbons (Fsp3) is 0.278. The van der Waals surface area contributed by atoms with Crippen LogP contribution in [-0.2, 0) is 0 Å². The zero-order valence-corrected chi connectivity index (χ0v) is 14.0. The van der Waals surface area contributed by atoms with Crippen LogP contribution in [0, 0.1) is 0 Å². The Morgan fingerprint density at radius 2 is 2.05 bits per heavy atom. The van der Waals surface area contributed by atoms with Crippen LogP contribution in [0.15, 0.2) is 58.1 Å². The molecule has 0 aliphatic carbocycles. The molecule has 2 aliphatic heterocycles. The van der Waals surface area contributed by atoms with Gasteiger partial charge in [-0.2, -0.15) is 5.10 Å². The van der Waals surface area contributed by atoms with Gasteiger partial charge in [0.05, 0.1) is 11.8 Å². The van der Waals surface area contributed by atoms with Crippen LogP contribution in [0.4, 0.5) is 0 Å². The highest BCUT2D eigenvalue weighted by atomic mass is 79.9. The number of halogens is 1. The highest BCUT2D eigenvalue weighted by Crippen LogP contribution is 2.44. The topological polar surface area (TPSA) is 24.8 Å². The number of fused-ring (bicyclic) bond motifs is 3. The van der Waals surface area contributed by atoms with E-state index < -0.39 is 0 Å². The predicted molar refractivity (Wildman–Crippen MR) is 91.0 cm³/mol. The Hall–Kier alpha value is -1.81. The van der Waals surface area contributed by atoms with E-state index in [9.17, 15) is 0 Å². The lowest BCUT2D eigenvalue weighted by Gasteiger charge is -2.37. The molecule has 2 heterocycles. The van der Waals surface area contributed by atoms with Gasteiger partial charge in [-0.25, -0.2) is 0 Å². The van der Waals surface area contributed by atoms with E-state index in [2.05, 4.69) is 64.3 Å². The molecule has 4 rings (SSSR count). The molecule has 3 nitrogen and oxygen atoms in total. The van der Waals surface area contributed by atoms with Gasteiger partial charge in [0.2, 0.25) is 0 Å². The van der Waals surface area contributed by atoms with Crippen molar-refractivity contribution in [3.63, 3.8) is 0 Å². The van der Waals surface area contributed by atoms with E-state index >= 15 is 0 Å². The highest BCUT2D eigenvalue weighted by molar-refractivity contribution is 9.10. The molecule has 0 fully saturated rings. The Labute approximate surface area is 138 Å². The normalized spacial score (nSPS) is 22.6. The van der Waals surface area contributed by atoms with Crippen LogP contribution in [0.3, 0.4) is 0 Å². The van der Waals surface area contributed by atoms with Crippen LogP contribution < -0.4 is 4.74 Å². The van der Waals surface area contributed by atoms with E-state index in [4.69, 9.17) is 9.84 Å². The Kier molecular flexibility index (Phi) is 3.41. The van der Waals surface area contributed by atoms with Crippen LogP contribution in [-0.4, -0.2) is 16.9 Å². The summed E-state index contributed by atoms with van der Waals surface area (Å²) in [6.45, 7) is 2.14. The first kappa shape index (κ1) is 13.8. The largest absolute Gasteiger partial charge is 0.469 e. The van der Waals surface area contributed by atoms with Crippen LogP contribution in [0.5, 0.6) is 5.75 Å². The maximum Gasteiger partial charge on any atom is 0.187 e. The third kappa shape index (κ3) is 2.22. The third-order valence-corrected chi connectivity index (χ3v) is 4.78. The fourth-order valence-electron chi connectivity index (χ4n) is 3.21. The van der Waals surface area contributed by atoms with Gasteiger partial charge in [-0.3, -0.25) is 5.01 Å². The first-order valence-corrected chi connectivity index (χ1v) is 8.43. The van der Waals surface area contributed by atoms with Gasteiger partial charge in [-0.15, -0.1) is 0 Å². The number of benzene rings is 2. The minimum absolute atomic E-state index is 0.0138. The Morgan fingerprint density at radius 3 is 2.82 bits per heavy atom. The van der Waals surface area contributed by atoms with Crippen molar-refractivity contribution >= 4 is 21.6 Å². The standard InChI is InChI=1S/C18H17BrN2O/c1-2-18-21-16(14-10-13(19)8-9-17(14)22-18)11-15(20-21)12-6-4-3-5-7-12/h3-10,16,18H,2,11H2,1H3/t16-,18+/m0/s1. The summed E-state index contributed by atoms with van der Waals surface area (Å²) in [6.07, 6.45) is 1.85. The number of rotatable bonds is 2. The number of hydrogen-bond donors (Lipinski definition) is 0. The fourth-order valence-corrected chi connectivity index (χ4v) is 3.59. The predicted octanol–water partition coefficient (Wildman–Crippen LogP) is 4.73. The lowest BCUT2D eigenvalue weighted by atomic mass is 9.96. The molecule has 0 aromatic heterocycles. The molecular weight excluding hydrogens is 340 g/mol. The second-order valence-corrected chi connectivity index (χ2v) is 6.59. The average molecular weight is 357 g/mol. The first-order chi connectivity index (χ1) is 10.8. The summed E-state index contributed by atoms with van der Waals surface area (Å²) in [4.78, 5) is 0. The minimum atomic E-state index is 0.0138. The summed E-state index contributed by atoms with van der Waals surface area (Å²) < 4.78 is 7.21. The molecule has 112 valence electrons. The molecule has 0 radical (unpaired) electrons. The molecular formula is C18H17BrN2O. The van der Waals surface area contributed by atoms with Crippen molar-refractivity contribution < 1.29 is 4.74 Å². The smallest absolute Gasteiger partial charge is 0.187 e. The van der Waals surface area contributed by atoms with Crippen LogP contribution in [0.25, 0.3) is 0 Å². The molecule has 2 aromatic rings. The van der Waals surface area contributed by atoms with Gasteiger partial charge < -0.3 is 4.74 Å². The number of hydrazone groups is 1. The van der Waals surface area contributed by atoms with E-state index in [1.54, 1.807) is 0 Å². The van der Waals surface area contributed by atoms with E-state index in [0.29, 0.717) is 0 Å². The first-order valence-electron chi connectivity index (χ1n) is 7.63. The van der Waals surface area contributed by atoms with Crippen molar-refractivity contribution in [2.45, 2.75) is 32.0 Å². The van der Waals surface area contributed by atoms with Crippen molar-refractivity contribution in [1.29, 1.82) is 0 Å². The van der Waals surface area contributed by atoms with Gasteiger partial charge in [-0.05, 0) is 23.8 Å². The van der Waals surface area contributed by atoms with Crippen molar-refractivity contribution in [1.82, 2.24) is 5.01 Å². The molecule has 22 heavy (non-hydrogen) atoms. The monoisotopic (exact) mass is 356 g/mol. The zero-order chi connectivity index (χ0) is 15.1. The number of nitrogens with zero attached hydrogens (tertiary/aromatic N) is 2. The molecule has 0 amide bonds. The Balaban J connectivity index is 1.75. The second-order valence-electron chi connectivity index (χ2n) is 5.68. The molecule has 2 aromatic carbocycles. The SMILES string of the molecule is CC[C@H]1Oc2ccc(Br)cc2[C@@H]2CC(c3ccccc3)=NN12. The van der Waals surface area contributed by atoms with E-state index in [0.717, 1.165) is 28.8 Å². The van der Waals surface area contributed by atoms with Gasteiger partial charge in [0.25, 0.3) is 0 Å². The Bertz CT molecular complexity index is 729. The molecule has 0 bridgehead atoms. The summed E-state index contributed by atoms with van der Waals surface area (Å²) >= 11 is 3.57. The zero-order valence-electron chi connectivity index (χ0n) is 12.4. The lowest BCUT2D eigenvalue weighted by molar-refractivity contribution is -0.0188. The Morgan fingerprint density at radius 1 is 1.23 bits per heavy atom. The van der Waals surface area contributed by atoms with Crippen LogP contribution >= 0.6 is 15.9 Å². The minimum Gasteiger partial charge on any atom is -0.469 e. The summed E-state index contributed by atoms with van der Waals surface area (Å²) in [6, 6.07) is 16.9. The average Bonchev–Trinajstić information content (AvgIpc) is 3.01. The summed E-state index contributed by atoms with van der Waals surface area (Å²) in [5.41, 5.74) is 3.55. The summed E-state index contributed by atoms with van der Waals surface area (Å²) in [7, 11) is 0. The number of ether oxygens (including phenoxy) is 1. The van der Waals surface area contributed by atoms with Crippen LogP contribution in [0.2, 0.25) is 0 Å². The molecule has 0 spiro atoms. The van der Waals surface area contributed by atoms with Gasteiger partial charge in [-0.1, -0.05) is 53.2 Å². The molecule has 0 N–H and O–H groups in total. The van der Waals surface area contributed by atoms with Gasteiger partial charge >= 0.3 is 0 Å². The maximum absolute atomic E-state index is 6.13. The second kappa shape index (κ2) is 5.43. The molecule has 0 saturated carbocycles. The van der Waals surface area contributed by atoms with Crippen molar-refractivity contribution in [3.05, 3.63) is 64.1 Å². The summed E-state index contributed by atoms with van der Waals surface area (Å²) in [5, 5.41) is 7.01. The lowest BCUT2D eigenvalue weighted by Crippen LogP contribution is -2.39. The van der Waals surface area contributed by atoms with Crippen molar-refractivity contribution in [2.75, 3.05) is 0 Å². The van der Waals surface area contributed by atoms with E-state index in [-0.39, 0.29) is 12.3 Å². The van der Waals surface area contributed by atoms with E-state index in [1.165, 1.54) is 11.1 Å². The summed E-state index contributed by atoms with van der Waals surface area (Å²) in [5.74, 6) is 0.987. The van der Waals surface area contributed by atoms with Crippen molar-refractivity contribution in [2.24, 2.45) is 5.10 Å². The van der Waals surface area contributed by atoms with Crippen molar-refractivity contribution in [3.8, 4) is 5.75 Å². The molecule has 2 aliphatic rings.